The molecule has 0 fully saturated rings. The molecule has 0 aromatic heterocycles. The SMILES string of the molecule is CCC(CC)(CNC(=O)CCC(C)N)NC(C)c1ccccc1.Cl.Cl. The Morgan fingerprint density at radius 3 is 2.16 bits per heavy atom. The molecular weight excluding hydrogens is 357 g/mol. The van der Waals surface area contributed by atoms with Crippen LogP contribution in [0.5, 0.6) is 0 Å². The highest BCUT2D eigenvalue weighted by Gasteiger charge is 2.28. The molecule has 1 aromatic carbocycles. The number of hydrogen-bond donors (Lipinski definition) is 3. The third-order valence-electron chi connectivity index (χ3n) is 4.63. The van der Waals surface area contributed by atoms with Gasteiger partial charge >= 0.3 is 0 Å². The lowest BCUT2D eigenvalue weighted by Crippen LogP contribution is -2.53. The van der Waals surface area contributed by atoms with Crippen molar-refractivity contribution in [1.82, 2.24) is 10.6 Å². The third-order valence-corrected chi connectivity index (χ3v) is 4.63. The molecule has 146 valence electrons. The van der Waals surface area contributed by atoms with Crippen molar-refractivity contribution < 1.29 is 4.79 Å². The third kappa shape index (κ3) is 9.45. The fourth-order valence-corrected chi connectivity index (χ4v) is 2.75. The normalized spacial score (nSPS) is 13.2. The lowest BCUT2D eigenvalue weighted by Gasteiger charge is -2.36. The predicted molar refractivity (Wildman–Crippen MR) is 112 cm³/mol. The number of carbonyl (C=O) groups is 1. The van der Waals surface area contributed by atoms with Crippen molar-refractivity contribution in [3.8, 4) is 0 Å². The number of nitrogens with two attached hydrogens (primary N) is 1. The van der Waals surface area contributed by atoms with Gasteiger partial charge in [0.15, 0.2) is 0 Å². The zero-order valence-electron chi connectivity index (χ0n) is 15.9. The molecule has 0 aliphatic carbocycles. The van der Waals surface area contributed by atoms with Crippen LogP contribution in [0.4, 0.5) is 0 Å². The molecule has 0 radical (unpaired) electrons. The van der Waals surface area contributed by atoms with Gasteiger partial charge in [-0.1, -0.05) is 44.2 Å². The average Bonchev–Trinajstić information content (AvgIpc) is 2.57. The quantitative estimate of drug-likeness (QED) is 0.564. The second kappa shape index (κ2) is 13.4. The number of rotatable bonds is 10. The maximum Gasteiger partial charge on any atom is 0.220 e. The molecule has 0 aliphatic heterocycles. The van der Waals surface area contributed by atoms with Gasteiger partial charge in [0, 0.05) is 30.6 Å². The molecule has 1 amide bonds. The second-order valence-corrected chi connectivity index (χ2v) is 6.56. The van der Waals surface area contributed by atoms with Crippen molar-refractivity contribution in [1.29, 1.82) is 0 Å². The molecular formula is C19H35Cl2N3O. The zero-order valence-corrected chi connectivity index (χ0v) is 17.5. The fourth-order valence-electron chi connectivity index (χ4n) is 2.75. The van der Waals surface area contributed by atoms with E-state index >= 15 is 0 Å². The summed E-state index contributed by atoms with van der Waals surface area (Å²) in [6.07, 6.45) is 3.16. The van der Waals surface area contributed by atoms with E-state index < -0.39 is 0 Å². The minimum atomic E-state index is -0.0841. The second-order valence-electron chi connectivity index (χ2n) is 6.56. The Hall–Kier alpha value is -0.810. The number of halogens is 2. The molecule has 0 saturated heterocycles. The van der Waals surface area contributed by atoms with Crippen molar-refractivity contribution in [2.75, 3.05) is 6.54 Å². The van der Waals surface area contributed by atoms with E-state index in [1.165, 1.54) is 5.56 Å². The molecule has 1 rings (SSSR count). The van der Waals surface area contributed by atoms with E-state index in [0.29, 0.717) is 13.0 Å². The van der Waals surface area contributed by atoms with Crippen LogP contribution < -0.4 is 16.4 Å². The van der Waals surface area contributed by atoms with Crippen LogP contribution >= 0.6 is 24.8 Å². The monoisotopic (exact) mass is 391 g/mol. The van der Waals surface area contributed by atoms with E-state index in [4.69, 9.17) is 5.73 Å². The van der Waals surface area contributed by atoms with Gasteiger partial charge < -0.3 is 16.4 Å². The van der Waals surface area contributed by atoms with Gasteiger partial charge in [0.1, 0.15) is 0 Å². The van der Waals surface area contributed by atoms with Crippen LogP contribution in [0.15, 0.2) is 30.3 Å². The first-order chi connectivity index (χ1) is 10.9. The Morgan fingerprint density at radius 1 is 1.12 bits per heavy atom. The number of nitrogens with one attached hydrogen (secondary N) is 2. The summed E-state index contributed by atoms with van der Waals surface area (Å²) >= 11 is 0. The summed E-state index contributed by atoms with van der Waals surface area (Å²) in [6, 6.07) is 10.7. The van der Waals surface area contributed by atoms with Gasteiger partial charge in [-0.05, 0) is 38.7 Å². The molecule has 4 N–H and O–H groups in total. The minimum absolute atomic E-state index is 0. The van der Waals surface area contributed by atoms with E-state index in [0.717, 1.165) is 19.3 Å². The van der Waals surface area contributed by atoms with Crippen LogP contribution in [-0.4, -0.2) is 24.0 Å². The molecule has 4 nitrogen and oxygen atoms in total. The van der Waals surface area contributed by atoms with E-state index in [-0.39, 0.29) is 48.3 Å². The zero-order chi connectivity index (χ0) is 17.3. The Morgan fingerprint density at radius 2 is 1.68 bits per heavy atom. The molecule has 0 saturated carbocycles. The molecule has 1 aromatic rings. The van der Waals surface area contributed by atoms with Gasteiger partial charge in [-0.3, -0.25) is 4.79 Å². The molecule has 0 aliphatic rings. The Labute approximate surface area is 165 Å². The smallest absolute Gasteiger partial charge is 0.220 e. The lowest BCUT2D eigenvalue weighted by atomic mass is 9.90. The van der Waals surface area contributed by atoms with Gasteiger partial charge in [0.05, 0.1) is 0 Å². The highest BCUT2D eigenvalue weighted by atomic mass is 35.5. The molecule has 25 heavy (non-hydrogen) atoms. The molecule has 2 unspecified atom stereocenters. The molecule has 2 atom stereocenters. The first kappa shape index (κ1) is 26.4. The number of amides is 1. The van der Waals surface area contributed by atoms with Crippen LogP contribution in [0.3, 0.4) is 0 Å². The Balaban J connectivity index is 0. The van der Waals surface area contributed by atoms with Gasteiger partial charge in [0.2, 0.25) is 5.91 Å². The molecule has 0 heterocycles. The van der Waals surface area contributed by atoms with Crippen LogP contribution in [0.2, 0.25) is 0 Å². The maximum atomic E-state index is 12.0. The number of hydrogen-bond acceptors (Lipinski definition) is 3. The molecule has 0 spiro atoms. The van der Waals surface area contributed by atoms with Crippen molar-refractivity contribution >= 4 is 30.7 Å². The van der Waals surface area contributed by atoms with Crippen LogP contribution in [0, 0.1) is 0 Å². The summed E-state index contributed by atoms with van der Waals surface area (Å²) < 4.78 is 0. The van der Waals surface area contributed by atoms with Crippen molar-refractivity contribution in [2.24, 2.45) is 5.73 Å². The highest BCUT2D eigenvalue weighted by molar-refractivity contribution is 5.85. The van der Waals surface area contributed by atoms with Gasteiger partial charge in [-0.15, -0.1) is 24.8 Å². The highest BCUT2D eigenvalue weighted by Crippen LogP contribution is 2.21. The largest absolute Gasteiger partial charge is 0.354 e. The minimum Gasteiger partial charge on any atom is -0.354 e. The summed E-state index contributed by atoms with van der Waals surface area (Å²) in [6.45, 7) is 9.09. The molecule has 6 heteroatoms. The summed E-state index contributed by atoms with van der Waals surface area (Å²) in [7, 11) is 0. The van der Waals surface area contributed by atoms with Crippen molar-refractivity contribution in [3.05, 3.63) is 35.9 Å². The van der Waals surface area contributed by atoms with Gasteiger partial charge in [-0.2, -0.15) is 0 Å². The van der Waals surface area contributed by atoms with Crippen molar-refractivity contribution in [2.45, 2.75) is 71.0 Å². The average molecular weight is 392 g/mol. The van der Waals surface area contributed by atoms with Gasteiger partial charge in [0.25, 0.3) is 0 Å². The van der Waals surface area contributed by atoms with Crippen LogP contribution in [0.1, 0.15) is 65.0 Å². The van der Waals surface area contributed by atoms with Crippen molar-refractivity contribution in [3.63, 3.8) is 0 Å². The topological polar surface area (TPSA) is 67.2 Å². The van der Waals surface area contributed by atoms with Gasteiger partial charge in [-0.25, -0.2) is 0 Å². The maximum absolute atomic E-state index is 12.0. The number of carbonyl (C=O) groups excluding carboxylic acids is 1. The van der Waals surface area contributed by atoms with Crippen LogP contribution in [-0.2, 0) is 4.79 Å². The first-order valence-corrected chi connectivity index (χ1v) is 8.77. The predicted octanol–water partition coefficient (Wildman–Crippen LogP) is 3.98. The van der Waals surface area contributed by atoms with E-state index in [2.05, 4.69) is 55.7 Å². The van der Waals surface area contributed by atoms with Crippen LogP contribution in [0.25, 0.3) is 0 Å². The summed E-state index contributed by atoms with van der Waals surface area (Å²) in [5.41, 5.74) is 6.89. The molecule has 0 bridgehead atoms. The van der Waals surface area contributed by atoms with E-state index in [1.807, 2.05) is 13.0 Å². The first-order valence-electron chi connectivity index (χ1n) is 8.77. The Bertz CT molecular complexity index is 465. The Kier molecular flexibility index (Phi) is 14.2. The summed E-state index contributed by atoms with van der Waals surface area (Å²) in [5, 5.41) is 6.81. The fraction of sp³-hybridized carbons (Fsp3) is 0.632. The lowest BCUT2D eigenvalue weighted by molar-refractivity contribution is -0.121. The summed E-state index contributed by atoms with van der Waals surface area (Å²) in [5.74, 6) is 0.0859. The van der Waals surface area contributed by atoms with E-state index in [9.17, 15) is 4.79 Å². The summed E-state index contributed by atoms with van der Waals surface area (Å²) in [4.78, 5) is 12.0. The standard InChI is InChI=1S/C19H33N3O.2ClH/c1-5-19(6-2,14-21-18(23)13-12-15(3)20)22-16(4)17-10-8-7-9-11-17;;/h7-11,15-16,22H,5-6,12-14,20H2,1-4H3,(H,21,23);2*1H. The number of benzene rings is 1. The van der Waals surface area contributed by atoms with E-state index in [1.54, 1.807) is 0 Å².